The number of hydrogen-bond donors (Lipinski definition) is 3. The summed E-state index contributed by atoms with van der Waals surface area (Å²) in [5.41, 5.74) is 3.94. The molecule has 0 aliphatic rings. The molecule has 166 valence electrons. The smallest absolute Gasteiger partial charge is 0.328 e. The zero-order chi connectivity index (χ0) is 23.5. The number of carbonyl (C=O) groups is 2. The molecule has 5 nitrogen and oxygen atoms in total. The molecule has 1 amide bonds. The molecule has 3 N–H and O–H groups in total. The third-order valence-corrected chi connectivity index (χ3v) is 3.66. The van der Waals surface area contributed by atoms with Gasteiger partial charge < -0.3 is 15.5 Å². The summed E-state index contributed by atoms with van der Waals surface area (Å²) in [7, 11) is 0. The molecular weight excluding hydrogens is 390 g/mol. The molecule has 0 unspecified atom stereocenters. The van der Waals surface area contributed by atoms with Crippen LogP contribution in [0.2, 0.25) is 0 Å². The number of allylic oxidation sites excluding steroid dienone is 16. The van der Waals surface area contributed by atoms with Gasteiger partial charge in [0.05, 0.1) is 6.61 Å². The highest BCUT2D eigenvalue weighted by atomic mass is 16.4. The van der Waals surface area contributed by atoms with Gasteiger partial charge in [-0.2, -0.15) is 0 Å². The van der Waals surface area contributed by atoms with Gasteiger partial charge in [0.1, 0.15) is 0 Å². The van der Waals surface area contributed by atoms with Crippen LogP contribution < -0.4 is 5.32 Å². The van der Waals surface area contributed by atoms with Gasteiger partial charge in [-0.3, -0.25) is 4.79 Å². The lowest BCUT2D eigenvalue weighted by atomic mass is 10.2. The van der Waals surface area contributed by atoms with Gasteiger partial charge in [-0.05, 0) is 27.7 Å². The lowest BCUT2D eigenvalue weighted by Crippen LogP contribution is -2.24. The Balaban J connectivity index is 4.64. The second-order valence-corrected chi connectivity index (χ2v) is 6.77. The maximum absolute atomic E-state index is 11.4. The van der Waals surface area contributed by atoms with Gasteiger partial charge in [0.2, 0.25) is 5.91 Å². The average molecular weight is 424 g/mol. The minimum Gasteiger partial charge on any atom is -0.478 e. The molecule has 0 saturated carbocycles. The van der Waals surface area contributed by atoms with E-state index in [9.17, 15) is 9.59 Å². The third kappa shape index (κ3) is 18.3. The number of rotatable bonds is 12. The Hall–Kier alpha value is -3.44. The van der Waals surface area contributed by atoms with Gasteiger partial charge in [0.25, 0.3) is 0 Å². The van der Waals surface area contributed by atoms with E-state index in [-0.39, 0.29) is 19.1 Å². The minimum atomic E-state index is -0.960. The van der Waals surface area contributed by atoms with Gasteiger partial charge in [-0.1, -0.05) is 95.2 Å². The van der Waals surface area contributed by atoms with E-state index in [1.54, 1.807) is 12.2 Å². The number of aliphatic hydroxyl groups excluding tert-OH is 1. The van der Waals surface area contributed by atoms with Crippen LogP contribution in [0, 0.1) is 0 Å². The van der Waals surface area contributed by atoms with Crippen molar-refractivity contribution >= 4 is 11.9 Å². The van der Waals surface area contributed by atoms with E-state index >= 15 is 0 Å². The fourth-order valence-electron chi connectivity index (χ4n) is 1.99. The van der Waals surface area contributed by atoms with Crippen molar-refractivity contribution in [3.8, 4) is 0 Å². The van der Waals surface area contributed by atoms with E-state index in [1.165, 1.54) is 6.08 Å². The van der Waals surface area contributed by atoms with Crippen LogP contribution in [0.4, 0.5) is 0 Å². The Morgan fingerprint density at radius 2 is 1.06 bits per heavy atom. The van der Waals surface area contributed by atoms with E-state index in [1.807, 2.05) is 88.5 Å². The molecule has 0 fully saturated rings. The fourth-order valence-corrected chi connectivity index (χ4v) is 1.99. The normalized spacial score (nSPS) is 14.7. The molecule has 0 atom stereocenters. The molecule has 0 saturated heterocycles. The predicted octanol–water partition coefficient (Wildman–Crippen LogP) is 4.75. The van der Waals surface area contributed by atoms with Crippen molar-refractivity contribution in [3.63, 3.8) is 0 Å². The van der Waals surface area contributed by atoms with E-state index in [0.29, 0.717) is 0 Å². The number of carboxylic acids is 1. The maximum Gasteiger partial charge on any atom is 0.328 e. The van der Waals surface area contributed by atoms with Crippen LogP contribution in [0.3, 0.4) is 0 Å². The largest absolute Gasteiger partial charge is 0.478 e. The Bertz CT molecular complexity index is 860. The first-order valence-electron chi connectivity index (χ1n) is 9.94. The molecule has 0 aromatic heterocycles. The van der Waals surface area contributed by atoms with Crippen LogP contribution in [0.25, 0.3) is 0 Å². The van der Waals surface area contributed by atoms with Crippen molar-refractivity contribution < 1.29 is 19.8 Å². The lowest BCUT2D eigenvalue weighted by Gasteiger charge is -1.96. The molecule has 0 bridgehead atoms. The molecule has 0 aromatic carbocycles. The number of hydrogen-bond acceptors (Lipinski definition) is 3. The Morgan fingerprint density at radius 1 is 0.645 bits per heavy atom. The number of aliphatic hydroxyl groups is 1. The standard InChI is InChI=1S/C26H33NO4/c1-21(11-7-13-23(3)15-17-25(29)27-19-20-28)9-5-6-10-22(2)12-8-14-24(4)16-18-26(30)31/h5-18,28H,19-20H2,1-4H3,(H,27,29)(H,30,31)/b6-5+,11-7+,12-8+,17-15+,18-16+,21-9+,22-10+,23-13+,24-14-. The Kier molecular flexibility index (Phi) is 15.5. The predicted molar refractivity (Wildman–Crippen MR) is 128 cm³/mol. The van der Waals surface area contributed by atoms with E-state index in [0.717, 1.165) is 28.4 Å². The van der Waals surface area contributed by atoms with Crippen LogP contribution in [0.1, 0.15) is 27.7 Å². The van der Waals surface area contributed by atoms with E-state index in [2.05, 4.69) is 5.32 Å². The molecule has 0 heterocycles. The highest BCUT2D eigenvalue weighted by Gasteiger charge is 1.92. The zero-order valence-electron chi connectivity index (χ0n) is 18.7. The first-order valence-corrected chi connectivity index (χ1v) is 9.94. The highest BCUT2D eigenvalue weighted by Crippen LogP contribution is 2.02. The molecule has 0 rings (SSSR count). The van der Waals surface area contributed by atoms with Crippen molar-refractivity contribution in [2.75, 3.05) is 13.2 Å². The summed E-state index contributed by atoms with van der Waals surface area (Å²) < 4.78 is 0. The monoisotopic (exact) mass is 423 g/mol. The number of carbonyl (C=O) groups excluding carboxylic acids is 1. The van der Waals surface area contributed by atoms with E-state index < -0.39 is 5.97 Å². The zero-order valence-corrected chi connectivity index (χ0v) is 18.7. The first kappa shape index (κ1) is 27.6. The summed E-state index contributed by atoms with van der Waals surface area (Å²) in [5, 5.41) is 19.8. The topological polar surface area (TPSA) is 86.6 Å². The second-order valence-electron chi connectivity index (χ2n) is 6.77. The van der Waals surface area contributed by atoms with Gasteiger partial charge in [0.15, 0.2) is 0 Å². The second kappa shape index (κ2) is 17.4. The van der Waals surface area contributed by atoms with Gasteiger partial charge in [0, 0.05) is 18.7 Å². The van der Waals surface area contributed by atoms with E-state index in [4.69, 9.17) is 10.2 Å². The SMILES string of the molecule is CC(=C/C=C/C(C)=C/C=C/C=C(C)/C=C/C=C(C)/C=C/C(=O)NCCO)/C=C/C(=O)O. The number of carboxylic acid groups (broad SMARTS) is 1. The van der Waals surface area contributed by atoms with Gasteiger partial charge in [-0.25, -0.2) is 4.79 Å². The van der Waals surface area contributed by atoms with Crippen molar-refractivity contribution in [3.05, 3.63) is 107 Å². The summed E-state index contributed by atoms with van der Waals surface area (Å²) in [6, 6.07) is 0. The molecule has 0 spiro atoms. The average Bonchev–Trinajstić information content (AvgIpc) is 2.72. The summed E-state index contributed by atoms with van der Waals surface area (Å²) in [6.45, 7) is 7.90. The minimum absolute atomic E-state index is 0.0751. The Labute approximate surface area is 185 Å². The van der Waals surface area contributed by atoms with Crippen molar-refractivity contribution in [2.24, 2.45) is 0 Å². The summed E-state index contributed by atoms with van der Waals surface area (Å²) in [4.78, 5) is 21.9. The van der Waals surface area contributed by atoms with Crippen LogP contribution in [-0.4, -0.2) is 35.2 Å². The molecule has 0 radical (unpaired) electrons. The van der Waals surface area contributed by atoms with Crippen LogP contribution in [0.5, 0.6) is 0 Å². The third-order valence-electron chi connectivity index (χ3n) is 3.66. The summed E-state index contributed by atoms with van der Waals surface area (Å²) in [6.07, 6.45) is 25.2. The molecule has 0 aliphatic heterocycles. The molecule has 5 heteroatoms. The maximum atomic E-state index is 11.4. The van der Waals surface area contributed by atoms with Crippen LogP contribution in [0.15, 0.2) is 107 Å². The summed E-state index contributed by atoms with van der Waals surface area (Å²) >= 11 is 0. The van der Waals surface area contributed by atoms with Crippen LogP contribution in [-0.2, 0) is 9.59 Å². The quantitative estimate of drug-likeness (QED) is 0.312. The lowest BCUT2D eigenvalue weighted by molar-refractivity contribution is -0.131. The van der Waals surface area contributed by atoms with Crippen LogP contribution >= 0.6 is 0 Å². The van der Waals surface area contributed by atoms with Crippen molar-refractivity contribution in [1.29, 1.82) is 0 Å². The first-order chi connectivity index (χ1) is 14.7. The molecule has 0 aromatic rings. The van der Waals surface area contributed by atoms with Gasteiger partial charge >= 0.3 is 5.97 Å². The summed E-state index contributed by atoms with van der Waals surface area (Å²) in [5.74, 6) is -1.19. The molecule has 0 aliphatic carbocycles. The molecular formula is C26H33NO4. The van der Waals surface area contributed by atoms with Crippen molar-refractivity contribution in [1.82, 2.24) is 5.32 Å². The number of amides is 1. The Morgan fingerprint density at radius 3 is 1.52 bits per heavy atom. The highest BCUT2D eigenvalue weighted by molar-refractivity contribution is 5.87. The number of nitrogens with one attached hydrogen (secondary N) is 1. The number of aliphatic carboxylic acids is 1. The molecule has 31 heavy (non-hydrogen) atoms. The fraction of sp³-hybridized carbons (Fsp3) is 0.231. The van der Waals surface area contributed by atoms with Gasteiger partial charge in [-0.15, -0.1) is 0 Å². The van der Waals surface area contributed by atoms with Crippen molar-refractivity contribution in [2.45, 2.75) is 27.7 Å².